The first-order valence-electron chi connectivity index (χ1n) is 8.29. The fraction of sp³-hybridized carbons (Fsp3) is 0.529. The van der Waals surface area contributed by atoms with Gasteiger partial charge in [-0.25, -0.2) is 9.18 Å². The molecule has 2 amide bonds. The summed E-state index contributed by atoms with van der Waals surface area (Å²) >= 11 is 6.04. The largest absolute Gasteiger partial charge is 0.480 e. The third-order valence-electron chi connectivity index (χ3n) is 4.12. The van der Waals surface area contributed by atoms with Crippen molar-refractivity contribution in [2.45, 2.75) is 19.1 Å². The molecule has 0 saturated carbocycles. The highest BCUT2D eigenvalue weighted by atomic mass is 35.5. The number of hydrogen-bond acceptors (Lipinski definition) is 4. The first-order valence-corrected chi connectivity index (χ1v) is 8.67. The van der Waals surface area contributed by atoms with Gasteiger partial charge in [0, 0.05) is 30.2 Å². The highest BCUT2D eigenvalue weighted by Crippen LogP contribution is 2.25. The predicted octanol–water partition coefficient (Wildman–Crippen LogP) is 1.97. The van der Waals surface area contributed by atoms with Crippen LogP contribution in [0.4, 0.5) is 9.18 Å². The summed E-state index contributed by atoms with van der Waals surface area (Å²) in [5, 5.41) is 11.8. The molecule has 1 aliphatic rings. The molecule has 7 nitrogen and oxygen atoms in total. The van der Waals surface area contributed by atoms with Crippen LogP contribution in [0.15, 0.2) is 18.2 Å². The van der Waals surface area contributed by atoms with E-state index in [0.717, 1.165) is 0 Å². The number of urea groups is 1. The number of morpholine rings is 1. The minimum Gasteiger partial charge on any atom is -0.480 e. The average molecular weight is 388 g/mol. The molecule has 1 aromatic rings. The van der Waals surface area contributed by atoms with E-state index >= 15 is 0 Å². The van der Waals surface area contributed by atoms with Gasteiger partial charge in [0.15, 0.2) is 0 Å². The number of carboxylic acids is 1. The molecule has 0 bridgehead atoms. The number of carboxylic acid groups (broad SMARTS) is 1. The van der Waals surface area contributed by atoms with Gasteiger partial charge < -0.3 is 20.1 Å². The molecule has 0 radical (unpaired) electrons. The SMILES string of the molecule is CC(NC(=O)N1CCOC(CN(C)CC(=O)O)C1)c1c(F)cccc1Cl. The number of likely N-dealkylation sites (N-methyl/N-ethyl adjacent to an activating group) is 1. The van der Waals surface area contributed by atoms with Crippen LogP contribution in [0.3, 0.4) is 0 Å². The van der Waals surface area contributed by atoms with Gasteiger partial charge in [0.2, 0.25) is 0 Å². The Morgan fingerprint density at radius 2 is 2.27 bits per heavy atom. The predicted molar refractivity (Wildman–Crippen MR) is 94.8 cm³/mol. The zero-order chi connectivity index (χ0) is 19.3. The summed E-state index contributed by atoms with van der Waals surface area (Å²) < 4.78 is 19.6. The molecule has 0 spiro atoms. The van der Waals surface area contributed by atoms with Crippen LogP contribution in [0.2, 0.25) is 5.02 Å². The number of carbonyl (C=O) groups excluding carboxylic acids is 1. The number of nitrogens with one attached hydrogen (secondary N) is 1. The van der Waals surface area contributed by atoms with Crippen LogP contribution in [0.25, 0.3) is 0 Å². The Morgan fingerprint density at radius 3 is 2.92 bits per heavy atom. The minimum absolute atomic E-state index is 0.102. The second-order valence-electron chi connectivity index (χ2n) is 6.34. The lowest BCUT2D eigenvalue weighted by Gasteiger charge is -2.35. The van der Waals surface area contributed by atoms with Gasteiger partial charge in [-0.3, -0.25) is 9.69 Å². The lowest BCUT2D eigenvalue weighted by atomic mass is 10.1. The zero-order valence-corrected chi connectivity index (χ0v) is 15.5. The Labute approximate surface area is 156 Å². The molecular weight excluding hydrogens is 365 g/mol. The van der Waals surface area contributed by atoms with E-state index < -0.39 is 17.8 Å². The molecule has 2 unspecified atom stereocenters. The maximum absolute atomic E-state index is 14.0. The normalized spacial score (nSPS) is 18.7. The van der Waals surface area contributed by atoms with Crippen molar-refractivity contribution < 1.29 is 23.8 Å². The maximum Gasteiger partial charge on any atom is 0.318 e. The van der Waals surface area contributed by atoms with Gasteiger partial charge in [0.05, 0.1) is 25.3 Å². The van der Waals surface area contributed by atoms with Crippen molar-refractivity contribution in [2.24, 2.45) is 0 Å². The van der Waals surface area contributed by atoms with Gasteiger partial charge in [-0.1, -0.05) is 17.7 Å². The number of nitrogens with zero attached hydrogens (tertiary/aromatic N) is 2. The number of ether oxygens (including phenoxy) is 1. The molecule has 2 N–H and O–H groups in total. The average Bonchev–Trinajstić information content (AvgIpc) is 2.54. The molecule has 1 aliphatic heterocycles. The zero-order valence-electron chi connectivity index (χ0n) is 14.7. The molecular formula is C17H23ClFN3O4. The van der Waals surface area contributed by atoms with E-state index in [1.807, 2.05) is 0 Å². The van der Waals surface area contributed by atoms with Crippen LogP contribution >= 0.6 is 11.6 Å². The van der Waals surface area contributed by atoms with Crippen molar-refractivity contribution in [3.8, 4) is 0 Å². The third kappa shape index (κ3) is 5.55. The molecule has 0 aliphatic carbocycles. The molecule has 2 rings (SSSR count). The number of aliphatic carboxylic acids is 1. The topological polar surface area (TPSA) is 82.1 Å². The smallest absolute Gasteiger partial charge is 0.318 e. The van der Waals surface area contributed by atoms with Crippen LogP contribution in [0, 0.1) is 5.82 Å². The van der Waals surface area contributed by atoms with E-state index in [4.69, 9.17) is 21.4 Å². The van der Waals surface area contributed by atoms with E-state index in [0.29, 0.717) is 26.2 Å². The fourth-order valence-electron chi connectivity index (χ4n) is 2.93. The maximum atomic E-state index is 14.0. The number of rotatable bonds is 6. The van der Waals surface area contributed by atoms with E-state index in [1.54, 1.807) is 29.8 Å². The number of carbonyl (C=O) groups is 2. The summed E-state index contributed by atoms with van der Waals surface area (Å²) in [6.07, 6.45) is -0.286. The van der Waals surface area contributed by atoms with Crippen LogP contribution in [0.5, 0.6) is 0 Å². The van der Waals surface area contributed by atoms with E-state index in [2.05, 4.69) is 5.32 Å². The van der Waals surface area contributed by atoms with Crippen molar-refractivity contribution in [3.63, 3.8) is 0 Å². The van der Waals surface area contributed by atoms with Crippen molar-refractivity contribution in [1.82, 2.24) is 15.1 Å². The number of halogens is 2. The standard InChI is InChI=1S/C17H23ClFN3O4/c1-11(16-13(18)4-3-5-14(16)19)20-17(25)22-6-7-26-12(9-22)8-21(2)10-15(23)24/h3-5,11-12H,6-10H2,1-2H3,(H,20,25)(H,23,24). The number of amides is 2. The summed E-state index contributed by atoms with van der Waals surface area (Å²) in [5.74, 6) is -1.39. The van der Waals surface area contributed by atoms with Gasteiger partial charge in [-0.2, -0.15) is 0 Å². The second-order valence-corrected chi connectivity index (χ2v) is 6.74. The highest BCUT2D eigenvalue weighted by molar-refractivity contribution is 6.31. The van der Waals surface area contributed by atoms with Crippen LogP contribution in [-0.4, -0.2) is 72.8 Å². The highest BCUT2D eigenvalue weighted by Gasteiger charge is 2.27. The molecule has 1 aromatic carbocycles. The van der Waals surface area contributed by atoms with Gasteiger partial charge >= 0.3 is 12.0 Å². The Hall–Kier alpha value is -1.90. The number of hydrogen-bond donors (Lipinski definition) is 2. The fourth-order valence-corrected chi connectivity index (χ4v) is 3.26. The molecule has 144 valence electrons. The first kappa shape index (κ1) is 20.4. The quantitative estimate of drug-likeness (QED) is 0.779. The third-order valence-corrected chi connectivity index (χ3v) is 4.45. The summed E-state index contributed by atoms with van der Waals surface area (Å²) in [7, 11) is 1.68. The van der Waals surface area contributed by atoms with Gasteiger partial charge in [-0.05, 0) is 26.1 Å². The Bertz CT molecular complexity index is 641. The summed E-state index contributed by atoms with van der Waals surface area (Å²) in [6.45, 7) is 3.05. The lowest BCUT2D eigenvalue weighted by molar-refractivity contribution is -0.138. The molecule has 0 aromatic heterocycles. The molecule has 1 fully saturated rings. The number of benzene rings is 1. The molecule has 1 heterocycles. The van der Waals surface area contributed by atoms with Crippen molar-refractivity contribution in [1.29, 1.82) is 0 Å². The van der Waals surface area contributed by atoms with Crippen LogP contribution < -0.4 is 5.32 Å². The summed E-state index contributed by atoms with van der Waals surface area (Å²) in [4.78, 5) is 26.4. The molecule has 2 atom stereocenters. The summed E-state index contributed by atoms with van der Waals surface area (Å²) in [6, 6.07) is 3.45. The first-order chi connectivity index (χ1) is 12.3. The Balaban J connectivity index is 1.93. The molecule has 26 heavy (non-hydrogen) atoms. The van der Waals surface area contributed by atoms with Gasteiger partial charge in [0.25, 0.3) is 0 Å². The van der Waals surface area contributed by atoms with E-state index in [1.165, 1.54) is 12.1 Å². The van der Waals surface area contributed by atoms with Crippen molar-refractivity contribution >= 4 is 23.6 Å². The van der Waals surface area contributed by atoms with Crippen molar-refractivity contribution in [2.75, 3.05) is 39.8 Å². The Kier molecular flexibility index (Phi) is 7.19. The molecule has 1 saturated heterocycles. The van der Waals surface area contributed by atoms with Gasteiger partial charge in [-0.15, -0.1) is 0 Å². The lowest BCUT2D eigenvalue weighted by Crippen LogP contribution is -2.52. The minimum atomic E-state index is -0.923. The van der Waals surface area contributed by atoms with Crippen LogP contribution in [0.1, 0.15) is 18.5 Å². The van der Waals surface area contributed by atoms with E-state index in [-0.39, 0.29) is 29.3 Å². The van der Waals surface area contributed by atoms with E-state index in [9.17, 15) is 14.0 Å². The second kappa shape index (κ2) is 9.16. The van der Waals surface area contributed by atoms with Crippen molar-refractivity contribution in [3.05, 3.63) is 34.6 Å². The molecule has 9 heteroatoms. The van der Waals surface area contributed by atoms with Crippen LogP contribution in [-0.2, 0) is 9.53 Å². The van der Waals surface area contributed by atoms with Gasteiger partial charge in [0.1, 0.15) is 5.82 Å². The monoisotopic (exact) mass is 387 g/mol. The Morgan fingerprint density at radius 1 is 1.54 bits per heavy atom. The summed E-state index contributed by atoms with van der Waals surface area (Å²) in [5.41, 5.74) is 0.244.